The summed E-state index contributed by atoms with van der Waals surface area (Å²) in [4.78, 5) is 18.2. The van der Waals surface area contributed by atoms with Gasteiger partial charge in [-0.25, -0.2) is 13.8 Å². The molecule has 1 amide bonds. The fourth-order valence-corrected chi connectivity index (χ4v) is 3.60. The molecule has 1 aromatic carbocycles. The fourth-order valence-electron chi connectivity index (χ4n) is 3.60. The van der Waals surface area contributed by atoms with Crippen molar-refractivity contribution in [2.45, 2.75) is 45.3 Å². The Bertz CT molecular complexity index is 939. The summed E-state index contributed by atoms with van der Waals surface area (Å²) in [5, 5.41) is 2.64. The van der Waals surface area contributed by atoms with Crippen molar-refractivity contribution in [3.8, 4) is 0 Å². The molecule has 0 saturated carbocycles. The molecule has 0 aliphatic carbocycles. The lowest BCUT2D eigenvalue weighted by atomic mass is 9.98. The second-order valence-electron chi connectivity index (χ2n) is 7.95. The lowest BCUT2D eigenvalue weighted by Gasteiger charge is -2.33. The van der Waals surface area contributed by atoms with Gasteiger partial charge in [-0.05, 0) is 37.8 Å². The van der Waals surface area contributed by atoms with Crippen LogP contribution in [0.5, 0.6) is 0 Å². The van der Waals surface area contributed by atoms with Gasteiger partial charge < -0.3 is 10.2 Å². The highest BCUT2D eigenvalue weighted by molar-refractivity contribution is 5.83. The predicted molar refractivity (Wildman–Crippen MR) is 106 cm³/mol. The number of aromatic nitrogens is 1. The first-order valence-corrected chi connectivity index (χ1v) is 10.1. The first-order valence-electron chi connectivity index (χ1n) is 10.1. The quantitative estimate of drug-likeness (QED) is 0.662. The number of nitrogens with zero attached hydrogens (tertiary/aromatic N) is 2. The van der Waals surface area contributed by atoms with E-state index in [9.17, 15) is 26.7 Å². The minimum atomic E-state index is -4.58. The molecule has 1 N–H and O–H groups in total. The summed E-state index contributed by atoms with van der Waals surface area (Å²) in [6.07, 6.45) is -2.90. The highest BCUT2D eigenvalue weighted by Gasteiger charge is 2.34. The van der Waals surface area contributed by atoms with Gasteiger partial charge >= 0.3 is 6.18 Å². The third-order valence-corrected chi connectivity index (χ3v) is 5.60. The van der Waals surface area contributed by atoms with E-state index in [1.165, 1.54) is 19.1 Å². The molecule has 1 unspecified atom stereocenters. The first-order chi connectivity index (χ1) is 14.6. The maximum absolute atomic E-state index is 14.0. The van der Waals surface area contributed by atoms with Crippen molar-refractivity contribution in [3.63, 3.8) is 0 Å². The summed E-state index contributed by atoms with van der Waals surface area (Å²) in [6.45, 7) is 4.66. The molecular formula is C22H24F5N3O. The van der Waals surface area contributed by atoms with Crippen molar-refractivity contribution in [2.24, 2.45) is 5.92 Å². The van der Waals surface area contributed by atoms with E-state index >= 15 is 0 Å². The molecule has 0 radical (unpaired) electrons. The average molecular weight is 441 g/mol. The summed E-state index contributed by atoms with van der Waals surface area (Å²) in [7, 11) is 0. The van der Waals surface area contributed by atoms with Crippen LogP contribution in [0.4, 0.5) is 27.8 Å². The Morgan fingerprint density at radius 1 is 1.19 bits per heavy atom. The molecule has 1 atom stereocenters. The smallest absolute Gasteiger partial charge is 0.356 e. The Kier molecular flexibility index (Phi) is 6.81. The Morgan fingerprint density at radius 2 is 1.87 bits per heavy atom. The average Bonchev–Trinajstić information content (AvgIpc) is 2.71. The Labute approximate surface area is 177 Å². The van der Waals surface area contributed by atoms with Gasteiger partial charge in [0.25, 0.3) is 0 Å². The highest BCUT2D eigenvalue weighted by Crippen LogP contribution is 2.32. The van der Waals surface area contributed by atoms with Crippen molar-refractivity contribution in [1.82, 2.24) is 10.3 Å². The number of hydrogen-bond acceptors (Lipinski definition) is 3. The number of alkyl halides is 3. The van der Waals surface area contributed by atoms with Gasteiger partial charge in [0, 0.05) is 36.8 Å². The summed E-state index contributed by atoms with van der Waals surface area (Å²) in [6, 6.07) is 5.17. The predicted octanol–water partition coefficient (Wildman–Crippen LogP) is 5.03. The molecule has 1 saturated heterocycles. The van der Waals surface area contributed by atoms with Crippen LogP contribution in [0.1, 0.15) is 49.4 Å². The standard InChI is InChI=1S/C22H24F5N3O/c1-13-7-9-30(10-8-13)20-15(3-6-19(29-20)22(25,26)27)12-28-21(31)14(2)17-5-4-16(23)11-18(17)24/h3-6,11,13-14H,7-10,12H2,1-2H3,(H,28,31). The van der Waals surface area contributed by atoms with Crippen molar-refractivity contribution in [1.29, 1.82) is 0 Å². The maximum atomic E-state index is 14.0. The third-order valence-electron chi connectivity index (χ3n) is 5.60. The molecular weight excluding hydrogens is 417 g/mol. The zero-order valence-electron chi connectivity index (χ0n) is 17.3. The van der Waals surface area contributed by atoms with E-state index in [1.54, 1.807) is 4.90 Å². The number of piperidine rings is 1. The van der Waals surface area contributed by atoms with Crippen molar-refractivity contribution in [2.75, 3.05) is 18.0 Å². The number of halogens is 5. The van der Waals surface area contributed by atoms with E-state index in [4.69, 9.17) is 0 Å². The molecule has 1 aliphatic heterocycles. The molecule has 168 valence electrons. The lowest BCUT2D eigenvalue weighted by Crippen LogP contribution is -2.35. The molecule has 1 fully saturated rings. The van der Waals surface area contributed by atoms with Crippen LogP contribution in [0.15, 0.2) is 30.3 Å². The van der Waals surface area contributed by atoms with Gasteiger partial charge in [0.2, 0.25) is 5.91 Å². The SMILES string of the molecule is CC1CCN(c2nc(C(F)(F)F)ccc2CNC(=O)C(C)c2ccc(F)cc2F)CC1. The summed E-state index contributed by atoms with van der Waals surface area (Å²) < 4.78 is 66.7. The van der Waals surface area contributed by atoms with Gasteiger partial charge in [-0.1, -0.05) is 19.1 Å². The number of hydrogen-bond donors (Lipinski definition) is 1. The Hall–Kier alpha value is -2.71. The van der Waals surface area contributed by atoms with Crippen LogP contribution in [-0.2, 0) is 17.5 Å². The molecule has 1 aliphatic rings. The molecule has 9 heteroatoms. The number of nitrogens with one attached hydrogen (secondary N) is 1. The molecule has 0 bridgehead atoms. The van der Waals surface area contributed by atoms with Crippen LogP contribution in [0.2, 0.25) is 0 Å². The fraction of sp³-hybridized carbons (Fsp3) is 0.455. The van der Waals surface area contributed by atoms with Gasteiger partial charge in [-0.2, -0.15) is 13.2 Å². The van der Waals surface area contributed by atoms with Gasteiger partial charge in [-0.3, -0.25) is 4.79 Å². The number of anilines is 1. The monoisotopic (exact) mass is 441 g/mol. The lowest BCUT2D eigenvalue weighted by molar-refractivity contribution is -0.141. The normalized spacial score (nSPS) is 16.3. The summed E-state index contributed by atoms with van der Waals surface area (Å²) in [5.41, 5.74) is -0.504. The van der Waals surface area contributed by atoms with Crippen LogP contribution in [-0.4, -0.2) is 24.0 Å². The molecule has 3 rings (SSSR count). The maximum Gasteiger partial charge on any atom is 0.433 e. The van der Waals surface area contributed by atoms with Crippen LogP contribution < -0.4 is 10.2 Å². The Morgan fingerprint density at radius 3 is 2.48 bits per heavy atom. The number of rotatable bonds is 5. The van der Waals surface area contributed by atoms with E-state index < -0.39 is 35.3 Å². The van der Waals surface area contributed by atoms with Crippen LogP contribution in [0.3, 0.4) is 0 Å². The van der Waals surface area contributed by atoms with Crippen LogP contribution in [0.25, 0.3) is 0 Å². The second-order valence-corrected chi connectivity index (χ2v) is 7.95. The van der Waals surface area contributed by atoms with E-state index in [0.717, 1.165) is 25.0 Å². The van der Waals surface area contributed by atoms with Gasteiger partial charge in [0.05, 0.1) is 5.92 Å². The number of benzene rings is 1. The minimum Gasteiger partial charge on any atom is -0.356 e. The first kappa shape index (κ1) is 23.0. The number of pyridine rings is 1. The summed E-state index contributed by atoms with van der Waals surface area (Å²) in [5.74, 6) is -2.32. The van der Waals surface area contributed by atoms with Crippen LogP contribution >= 0.6 is 0 Å². The van der Waals surface area contributed by atoms with Gasteiger partial charge in [0.1, 0.15) is 23.1 Å². The number of carbonyl (C=O) groups excluding carboxylic acids is 1. The number of amides is 1. The molecule has 2 aromatic rings. The zero-order chi connectivity index (χ0) is 22.8. The van der Waals surface area contributed by atoms with E-state index in [0.29, 0.717) is 30.6 Å². The van der Waals surface area contributed by atoms with E-state index in [-0.39, 0.29) is 17.9 Å². The molecule has 4 nitrogen and oxygen atoms in total. The summed E-state index contributed by atoms with van der Waals surface area (Å²) >= 11 is 0. The van der Waals surface area contributed by atoms with Crippen molar-refractivity contribution in [3.05, 3.63) is 58.8 Å². The largest absolute Gasteiger partial charge is 0.433 e. The Balaban J connectivity index is 1.79. The highest BCUT2D eigenvalue weighted by atomic mass is 19.4. The van der Waals surface area contributed by atoms with E-state index in [1.807, 2.05) is 0 Å². The van der Waals surface area contributed by atoms with Crippen molar-refractivity contribution >= 4 is 11.7 Å². The minimum absolute atomic E-state index is 0.0367. The van der Waals surface area contributed by atoms with Gasteiger partial charge in [-0.15, -0.1) is 0 Å². The van der Waals surface area contributed by atoms with E-state index in [2.05, 4.69) is 17.2 Å². The molecule has 1 aromatic heterocycles. The number of carbonyl (C=O) groups is 1. The van der Waals surface area contributed by atoms with Gasteiger partial charge in [0.15, 0.2) is 0 Å². The zero-order valence-corrected chi connectivity index (χ0v) is 17.3. The third kappa shape index (κ3) is 5.51. The molecule has 2 heterocycles. The van der Waals surface area contributed by atoms with Crippen molar-refractivity contribution < 1.29 is 26.7 Å². The second kappa shape index (κ2) is 9.20. The van der Waals surface area contributed by atoms with Crippen LogP contribution in [0, 0.1) is 17.6 Å². The topological polar surface area (TPSA) is 45.2 Å². The molecule has 31 heavy (non-hydrogen) atoms. The molecule has 0 spiro atoms.